The number of hydrogen-bond donors (Lipinski definition) is 0. The summed E-state index contributed by atoms with van der Waals surface area (Å²) < 4.78 is 19.2. The second-order valence-electron chi connectivity index (χ2n) is 13.1. The van der Waals surface area contributed by atoms with Gasteiger partial charge in [0.05, 0.1) is 0 Å². The van der Waals surface area contributed by atoms with E-state index in [9.17, 15) is 0 Å². The molecule has 0 aliphatic heterocycles. The number of furan rings is 2. The van der Waals surface area contributed by atoms with Crippen molar-refractivity contribution >= 4 is 82.8 Å². The number of aromatic nitrogens is 1. The molecule has 0 atom stereocenters. The van der Waals surface area contributed by atoms with Gasteiger partial charge in [0.15, 0.2) is 5.58 Å². The Morgan fingerprint density at radius 3 is 1.90 bits per heavy atom. The number of fused-ring (bicyclic) bond motifs is 9. The highest BCUT2D eigenvalue weighted by Crippen LogP contribution is 2.44. The van der Waals surface area contributed by atoms with Crippen molar-refractivity contribution in [2.45, 2.75) is 0 Å². The summed E-state index contributed by atoms with van der Waals surface area (Å²) in [6.07, 6.45) is 0. The van der Waals surface area contributed by atoms with Crippen LogP contribution in [0.3, 0.4) is 0 Å². The maximum absolute atomic E-state index is 6.48. The lowest BCUT2D eigenvalue weighted by Crippen LogP contribution is -2.10. The highest BCUT2D eigenvalue weighted by atomic mass is 16.4. The minimum atomic E-state index is 0.565. The van der Waals surface area contributed by atoms with Gasteiger partial charge in [-0.1, -0.05) is 97.1 Å². The standard InChI is InChI=1S/C47H28N2O3/c1-2-10-29(11-3-1)31-13-8-14-32(26-31)49(33-21-24-41-38(27-33)36-16-6-7-18-40(36)50-41)34-22-25-42-39(28-34)45-37(17-9-19-43(45)51-42)47-48-46-35-15-5-4-12-30(35)20-23-44(46)52-47/h1-28H. The van der Waals surface area contributed by atoms with Crippen LogP contribution in [0.25, 0.3) is 88.3 Å². The van der Waals surface area contributed by atoms with E-state index in [0.717, 1.165) is 99.5 Å². The van der Waals surface area contributed by atoms with Crippen LogP contribution in [0.4, 0.5) is 17.1 Å². The van der Waals surface area contributed by atoms with E-state index in [1.165, 1.54) is 0 Å². The number of hydrogen-bond acceptors (Lipinski definition) is 5. The fourth-order valence-electron chi connectivity index (χ4n) is 7.66. The van der Waals surface area contributed by atoms with Gasteiger partial charge in [-0.25, -0.2) is 4.98 Å². The van der Waals surface area contributed by atoms with E-state index in [4.69, 9.17) is 18.2 Å². The molecule has 11 rings (SSSR count). The topological polar surface area (TPSA) is 55.6 Å². The van der Waals surface area contributed by atoms with Crippen molar-refractivity contribution < 1.29 is 13.3 Å². The molecule has 3 aromatic heterocycles. The molecule has 0 spiro atoms. The summed E-state index contributed by atoms with van der Waals surface area (Å²) in [5, 5.41) is 6.29. The molecule has 0 amide bonds. The van der Waals surface area contributed by atoms with Crippen molar-refractivity contribution in [1.29, 1.82) is 0 Å². The molecule has 0 aliphatic carbocycles. The Morgan fingerprint density at radius 1 is 0.385 bits per heavy atom. The molecule has 0 aliphatic rings. The molecule has 8 aromatic carbocycles. The summed E-state index contributed by atoms with van der Waals surface area (Å²) in [6, 6.07) is 58.6. The molecule has 0 unspecified atom stereocenters. The zero-order valence-electron chi connectivity index (χ0n) is 27.8. The molecule has 5 nitrogen and oxygen atoms in total. The highest BCUT2D eigenvalue weighted by Gasteiger charge is 2.21. The van der Waals surface area contributed by atoms with E-state index in [1.54, 1.807) is 0 Å². The van der Waals surface area contributed by atoms with E-state index in [0.29, 0.717) is 5.89 Å². The van der Waals surface area contributed by atoms with Gasteiger partial charge in [-0.15, -0.1) is 0 Å². The molecule has 0 fully saturated rings. The fourth-order valence-corrected chi connectivity index (χ4v) is 7.66. The van der Waals surface area contributed by atoms with Crippen LogP contribution in [0.15, 0.2) is 183 Å². The summed E-state index contributed by atoms with van der Waals surface area (Å²) in [6.45, 7) is 0. The summed E-state index contributed by atoms with van der Waals surface area (Å²) in [5.41, 5.74) is 11.1. The van der Waals surface area contributed by atoms with Crippen LogP contribution >= 0.6 is 0 Å². The number of nitrogens with zero attached hydrogens (tertiary/aromatic N) is 2. The zero-order chi connectivity index (χ0) is 34.2. The maximum atomic E-state index is 6.48. The van der Waals surface area contributed by atoms with E-state index in [-0.39, 0.29) is 0 Å². The molecule has 0 saturated carbocycles. The largest absolute Gasteiger partial charge is 0.456 e. The van der Waals surface area contributed by atoms with Crippen molar-refractivity contribution in [2.24, 2.45) is 0 Å². The molecule has 0 bridgehead atoms. The SMILES string of the molecule is c1ccc(-c2cccc(N(c3ccc4oc5ccccc5c4c3)c3ccc4oc5cccc(-c6nc7c(ccc8ccccc87)o6)c5c4c3)c2)cc1. The predicted molar refractivity (Wildman–Crippen MR) is 212 cm³/mol. The van der Waals surface area contributed by atoms with Crippen molar-refractivity contribution in [2.75, 3.05) is 4.90 Å². The van der Waals surface area contributed by atoms with Crippen LogP contribution in [-0.2, 0) is 0 Å². The second kappa shape index (κ2) is 11.2. The van der Waals surface area contributed by atoms with E-state index >= 15 is 0 Å². The average molecular weight is 669 g/mol. The van der Waals surface area contributed by atoms with Gasteiger partial charge in [-0.3, -0.25) is 0 Å². The zero-order valence-corrected chi connectivity index (χ0v) is 27.8. The first-order chi connectivity index (χ1) is 25.7. The Balaban J connectivity index is 1.13. The van der Waals surface area contributed by atoms with Gasteiger partial charge in [0.1, 0.15) is 27.8 Å². The number of anilines is 3. The molecule has 0 N–H and O–H groups in total. The Bertz CT molecular complexity index is 3150. The van der Waals surface area contributed by atoms with E-state index in [2.05, 4.69) is 126 Å². The summed E-state index contributed by atoms with van der Waals surface area (Å²) in [5.74, 6) is 0.565. The quantitative estimate of drug-likeness (QED) is 0.183. The number of oxazole rings is 1. The third-order valence-electron chi connectivity index (χ3n) is 10.1. The van der Waals surface area contributed by atoms with Gasteiger partial charge in [-0.2, -0.15) is 0 Å². The monoisotopic (exact) mass is 668 g/mol. The van der Waals surface area contributed by atoms with Gasteiger partial charge < -0.3 is 18.2 Å². The second-order valence-corrected chi connectivity index (χ2v) is 13.1. The maximum Gasteiger partial charge on any atom is 0.228 e. The molecule has 11 aromatic rings. The van der Waals surface area contributed by atoms with Crippen LogP contribution in [-0.4, -0.2) is 4.98 Å². The lowest BCUT2D eigenvalue weighted by Gasteiger charge is -2.26. The van der Waals surface area contributed by atoms with Crippen LogP contribution in [0.1, 0.15) is 0 Å². The molecule has 52 heavy (non-hydrogen) atoms. The fraction of sp³-hybridized carbons (Fsp3) is 0. The van der Waals surface area contributed by atoms with E-state index < -0.39 is 0 Å². The van der Waals surface area contributed by atoms with Crippen molar-refractivity contribution in [3.8, 4) is 22.6 Å². The smallest absolute Gasteiger partial charge is 0.228 e. The molecular weight excluding hydrogens is 641 g/mol. The van der Waals surface area contributed by atoms with Crippen molar-refractivity contribution in [3.63, 3.8) is 0 Å². The molecule has 0 radical (unpaired) electrons. The van der Waals surface area contributed by atoms with Crippen molar-refractivity contribution in [1.82, 2.24) is 4.98 Å². The number of benzene rings is 8. The first-order valence-electron chi connectivity index (χ1n) is 17.4. The Hall–Kier alpha value is -7.11. The Labute approximate surface area is 297 Å². The number of rotatable bonds is 5. The summed E-state index contributed by atoms with van der Waals surface area (Å²) in [4.78, 5) is 7.37. The predicted octanol–water partition coefficient (Wildman–Crippen LogP) is 13.6. The van der Waals surface area contributed by atoms with Crippen LogP contribution in [0.2, 0.25) is 0 Å². The normalized spacial score (nSPS) is 11.8. The van der Waals surface area contributed by atoms with E-state index in [1.807, 2.05) is 48.5 Å². The summed E-state index contributed by atoms with van der Waals surface area (Å²) >= 11 is 0. The van der Waals surface area contributed by atoms with Gasteiger partial charge in [0.25, 0.3) is 0 Å². The molecule has 5 heteroatoms. The number of para-hydroxylation sites is 1. The Morgan fingerprint density at radius 2 is 1.02 bits per heavy atom. The first-order valence-corrected chi connectivity index (χ1v) is 17.4. The molecule has 3 heterocycles. The average Bonchev–Trinajstić information content (AvgIpc) is 3.92. The first kappa shape index (κ1) is 28.7. The van der Waals surface area contributed by atoms with Gasteiger partial charge in [-0.05, 0) is 89.3 Å². The summed E-state index contributed by atoms with van der Waals surface area (Å²) in [7, 11) is 0. The lowest BCUT2D eigenvalue weighted by atomic mass is 10.0. The third-order valence-corrected chi connectivity index (χ3v) is 10.1. The minimum absolute atomic E-state index is 0.565. The van der Waals surface area contributed by atoms with Gasteiger partial charge in [0.2, 0.25) is 5.89 Å². The van der Waals surface area contributed by atoms with Gasteiger partial charge >= 0.3 is 0 Å². The van der Waals surface area contributed by atoms with Crippen LogP contribution < -0.4 is 4.90 Å². The molecule has 244 valence electrons. The van der Waals surface area contributed by atoms with Crippen LogP contribution in [0, 0.1) is 0 Å². The molecule has 0 saturated heterocycles. The van der Waals surface area contributed by atoms with Crippen LogP contribution in [0.5, 0.6) is 0 Å². The highest BCUT2D eigenvalue weighted by molar-refractivity contribution is 6.14. The van der Waals surface area contributed by atoms with Crippen molar-refractivity contribution in [3.05, 3.63) is 170 Å². The van der Waals surface area contributed by atoms with Gasteiger partial charge in [0, 0.05) is 49.6 Å². The Kier molecular flexibility index (Phi) is 6.18. The lowest BCUT2D eigenvalue weighted by molar-refractivity contribution is 0.620. The minimum Gasteiger partial charge on any atom is -0.456 e. The third kappa shape index (κ3) is 4.46. The molecular formula is C47H28N2O3.